The van der Waals surface area contributed by atoms with Crippen molar-refractivity contribution in [1.29, 1.82) is 0 Å². The lowest BCUT2D eigenvalue weighted by atomic mass is 10.1. The van der Waals surface area contributed by atoms with Gasteiger partial charge >= 0.3 is 0 Å². The van der Waals surface area contributed by atoms with E-state index in [4.69, 9.17) is 0 Å². The standard InChI is InChI=1S/C12H15F3N2.ClH/c1-8-6-17(3-2-16-8)7-9-4-11(14)12(15)5-10(9)13;/h4-5,8,16H,2-3,6-7H2,1H3;1H/t8-;/m0./s1. The largest absolute Gasteiger partial charge is 0.312 e. The first-order valence-corrected chi connectivity index (χ1v) is 5.65. The van der Waals surface area contributed by atoms with Crippen LogP contribution >= 0.6 is 12.4 Å². The van der Waals surface area contributed by atoms with Crippen molar-refractivity contribution in [3.63, 3.8) is 0 Å². The van der Waals surface area contributed by atoms with Gasteiger partial charge in [-0.15, -0.1) is 12.4 Å². The minimum atomic E-state index is -1.14. The van der Waals surface area contributed by atoms with E-state index >= 15 is 0 Å². The maximum absolute atomic E-state index is 13.4. The summed E-state index contributed by atoms with van der Waals surface area (Å²) in [6, 6.07) is 1.88. The quantitative estimate of drug-likeness (QED) is 0.837. The van der Waals surface area contributed by atoms with Gasteiger partial charge in [-0.2, -0.15) is 0 Å². The molecule has 1 aromatic rings. The molecule has 1 atom stereocenters. The number of halogens is 4. The van der Waals surface area contributed by atoms with Crippen molar-refractivity contribution in [2.24, 2.45) is 0 Å². The van der Waals surface area contributed by atoms with Crippen LogP contribution in [0.2, 0.25) is 0 Å². The van der Waals surface area contributed by atoms with E-state index in [1.807, 2.05) is 11.8 Å². The van der Waals surface area contributed by atoms with Crippen LogP contribution in [0.3, 0.4) is 0 Å². The van der Waals surface area contributed by atoms with Crippen LogP contribution in [0.4, 0.5) is 13.2 Å². The molecule has 1 aromatic carbocycles. The zero-order valence-corrected chi connectivity index (χ0v) is 10.9. The summed E-state index contributed by atoms with van der Waals surface area (Å²) in [6.45, 7) is 4.73. The molecule has 102 valence electrons. The van der Waals surface area contributed by atoms with Gasteiger partial charge in [0.25, 0.3) is 0 Å². The molecular weight excluding hydrogens is 265 g/mol. The monoisotopic (exact) mass is 280 g/mol. The molecule has 0 aliphatic carbocycles. The highest BCUT2D eigenvalue weighted by Gasteiger charge is 2.18. The highest BCUT2D eigenvalue weighted by molar-refractivity contribution is 5.85. The minimum absolute atomic E-state index is 0. The number of hydrogen-bond donors (Lipinski definition) is 1. The van der Waals surface area contributed by atoms with Crippen LogP contribution in [0.1, 0.15) is 12.5 Å². The molecule has 0 bridgehead atoms. The molecule has 0 unspecified atom stereocenters. The molecule has 1 aliphatic heterocycles. The van der Waals surface area contributed by atoms with E-state index < -0.39 is 17.5 Å². The number of piperazine rings is 1. The Kier molecular flexibility index (Phi) is 5.44. The van der Waals surface area contributed by atoms with Gasteiger partial charge < -0.3 is 5.32 Å². The third-order valence-corrected chi connectivity index (χ3v) is 2.94. The predicted octanol–water partition coefficient (Wildman–Crippen LogP) is 2.32. The van der Waals surface area contributed by atoms with E-state index in [1.54, 1.807) is 0 Å². The Bertz CT molecular complexity index is 415. The average molecular weight is 281 g/mol. The first-order valence-electron chi connectivity index (χ1n) is 5.65. The molecule has 1 heterocycles. The fourth-order valence-electron chi connectivity index (χ4n) is 2.08. The van der Waals surface area contributed by atoms with Crippen molar-refractivity contribution in [3.8, 4) is 0 Å². The van der Waals surface area contributed by atoms with Gasteiger partial charge in [-0.25, -0.2) is 13.2 Å². The van der Waals surface area contributed by atoms with Gasteiger partial charge in [0.05, 0.1) is 0 Å². The Morgan fingerprint density at radius 2 is 1.89 bits per heavy atom. The Labute approximate surface area is 111 Å². The van der Waals surface area contributed by atoms with Crippen LogP contribution in [0, 0.1) is 17.5 Å². The molecule has 18 heavy (non-hydrogen) atoms. The molecular formula is C12H16ClF3N2. The molecule has 1 fully saturated rings. The Balaban J connectivity index is 0.00000162. The number of nitrogens with one attached hydrogen (secondary N) is 1. The van der Waals surface area contributed by atoms with Gasteiger partial charge in [0.2, 0.25) is 0 Å². The first kappa shape index (κ1) is 15.3. The fraction of sp³-hybridized carbons (Fsp3) is 0.500. The molecule has 0 spiro atoms. The average Bonchev–Trinajstić information content (AvgIpc) is 2.26. The normalized spacial score (nSPS) is 20.6. The van der Waals surface area contributed by atoms with Gasteiger partial charge in [0.15, 0.2) is 11.6 Å². The Hall–Kier alpha value is -0.780. The summed E-state index contributed by atoms with van der Waals surface area (Å²) >= 11 is 0. The maximum atomic E-state index is 13.4. The van der Waals surface area contributed by atoms with Crippen molar-refractivity contribution in [2.75, 3.05) is 19.6 Å². The van der Waals surface area contributed by atoms with Gasteiger partial charge in [-0.1, -0.05) is 0 Å². The molecule has 2 nitrogen and oxygen atoms in total. The second-order valence-electron chi connectivity index (χ2n) is 4.45. The van der Waals surface area contributed by atoms with Gasteiger partial charge in [0.1, 0.15) is 5.82 Å². The third kappa shape index (κ3) is 3.60. The van der Waals surface area contributed by atoms with Gasteiger partial charge in [-0.05, 0) is 13.0 Å². The highest BCUT2D eigenvalue weighted by atomic mass is 35.5. The number of nitrogens with zero attached hydrogens (tertiary/aromatic N) is 1. The number of hydrogen-bond acceptors (Lipinski definition) is 2. The Morgan fingerprint density at radius 1 is 1.22 bits per heavy atom. The summed E-state index contributed by atoms with van der Waals surface area (Å²) < 4.78 is 39.2. The molecule has 0 amide bonds. The molecule has 0 aromatic heterocycles. The zero-order chi connectivity index (χ0) is 12.4. The SMILES string of the molecule is C[C@H]1CN(Cc2cc(F)c(F)cc2F)CCN1.Cl. The fourth-order valence-corrected chi connectivity index (χ4v) is 2.08. The van der Waals surface area contributed by atoms with E-state index in [9.17, 15) is 13.2 Å². The lowest BCUT2D eigenvalue weighted by Crippen LogP contribution is -2.48. The van der Waals surface area contributed by atoms with Crippen LogP contribution in [0.25, 0.3) is 0 Å². The van der Waals surface area contributed by atoms with E-state index in [0.29, 0.717) is 18.7 Å². The minimum Gasteiger partial charge on any atom is -0.312 e. The zero-order valence-electron chi connectivity index (χ0n) is 10.0. The van der Waals surface area contributed by atoms with Crippen molar-refractivity contribution in [1.82, 2.24) is 10.2 Å². The third-order valence-electron chi connectivity index (χ3n) is 2.94. The van der Waals surface area contributed by atoms with E-state index in [0.717, 1.165) is 25.7 Å². The van der Waals surface area contributed by atoms with Crippen LogP contribution in [-0.4, -0.2) is 30.6 Å². The van der Waals surface area contributed by atoms with Gasteiger partial charge in [-0.3, -0.25) is 4.90 Å². The summed E-state index contributed by atoms with van der Waals surface area (Å²) in [5, 5.41) is 3.26. The highest BCUT2D eigenvalue weighted by Crippen LogP contribution is 2.16. The van der Waals surface area contributed by atoms with Crippen LogP contribution in [-0.2, 0) is 6.54 Å². The van der Waals surface area contributed by atoms with Gasteiger partial charge in [0, 0.05) is 43.9 Å². The van der Waals surface area contributed by atoms with Crippen molar-refractivity contribution >= 4 is 12.4 Å². The lowest BCUT2D eigenvalue weighted by Gasteiger charge is -2.31. The van der Waals surface area contributed by atoms with Crippen LogP contribution in [0.15, 0.2) is 12.1 Å². The predicted molar refractivity (Wildman–Crippen MR) is 66.3 cm³/mol. The molecule has 0 radical (unpaired) electrons. The summed E-state index contributed by atoms with van der Waals surface area (Å²) in [4.78, 5) is 2.02. The van der Waals surface area contributed by atoms with Crippen LogP contribution in [0.5, 0.6) is 0 Å². The molecule has 1 aliphatic rings. The molecule has 1 N–H and O–H groups in total. The summed E-state index contributed by atoms with van der Waals surface area (Å²) in [7, 11) is 0. The topological polar surface area (TPSA) is 15.3 Å². The maximum Gasteiger partial charge on any atom is 0.161 e. The first-order chi connectivity index (χ1) is 8.06. The summed E-state index contributed by atoms with van der Waals surface area (Å²) in [5.74, 6) is -2.82. The molecule has 2 rings (SSSR count). The van der Waals surface area contributed by atoms with Crippen molar-refractivity contribution in [3.05, 3.63) is 35.1 Å². The number of rotatable bonds is 2. The molecule has 0 saturated carbocycles. The second kappa shape index (κ2) is 6.41. The van der Waals surface area contributed by atoms with Crippen molar-refractivity contribution in [2.45, 2.75) is 19.5 Å². The molecule has 6 heteroatoms. The van der Waals surface area contributed by atoms with E-state index in [-0.39, 0.29) is 18.0 Å². The van der Waals surface area contributed by atoms with Crippen LogP contribution < -0.4 is 5.32 Å². The van der Waals surface area contributed by atoms with E-state index in [2.05, 4.69) is 5.32 Å². The molecule has 1 saturated heterocycles. The smallest absolute Gasteiger partial charge is 0.161 e. The summed E-state index contributed by atoms with van der Waals surface area (Å²) in [6.07, 6.45) is 0. The Morgan fingerprint density at radius 3 is 2.56 bits per heavy atom. The second-order valence-corrected chi connectivity index (χ2v) is 4.45. The van der Waals surface area contributed by atoms with E-state index in [1.165, 1.54) is 0 Å². The summed E-state index contributed by atoms with van der Waals surface area (Å²) in [5.41, 5.74) is 0.206. The van der Waals surface area contributed by atoms with Crippen molar-refractivity contribution < 1.29 is 13.2 Å². The number of benzene rings is 1. The lowest BCUT2D eigenvalue weighted by molar-refractivity contribution is 0.197.